The van der Waals surface area contributed by atoms with Gasteiger partial charge in [0.15, 0.2) is 11.0 Å². The summed E-state index contributed by atoms with van der Waals surface area (Å²) in [6, 6.07) is 13.9. The highest BCUT2D eigenvalue weighted by Gasteiger charge is 2.11. The van der Waals surface area contributed by atoms with Crippen molar-refractivity contribution in [2.45, 2.75) is 17.8 Å². The summed E-state index contributed by atoms with van der Waals surface area (Å²) in [4.78, 5) is 0. The van der Waals surface area contributed by atoms with Gasteiger partial charge in [0.2, 0.25) is 0 Å². The minimum Gasteiger partial charge on any atom is -0.305 e. The van der Waals surface area contributed by atoms with Gasteiger partial charge in [0, 0.05) is 18.4 Å². The molecule has 3 aromatic rings. The summed E-state index contributed by atoms with van der Waals surface area (Å²) in [5, 5.41) is 10.6. The summed E-state index contributed by atoms with van der Waals surface area (Å²) in [5.74, 6) is 1.63. The highest BCUT2D eigenvalue weighted by atomic mass is 35.5. The molecule has 0 aliphatic heterocycles. The molecule has 0 unspecified atom stereocenters. The number of thioether (sulfide) groups is 1. The minimum atomic E-state index is 0.570. The lowest BCUT2D eigenvalue weighted by molar-refractivity contribution is 0.794. The molecule has 118 valence electrons. The molecule has 3 rings (SSSR count). The van der Waals surface area contributed by atoms with Gasteiger partial charge in [-0.1, -0.05) is 64.8 Å². The van der Waals surface area contributed by atoms with Gasteiger partial charge in [-0.3, -0.25) is 0 Å². The van der Waals surface area contributed by atoms with E-state index in [0.717, 1.165) is 27.9 Å². The summed E-state index contributed by atoms with van der Waals surface area (Å²) in [7, 11) is 1.98. The summed E-state index contributed by atoms with van der Waals surface area (Å²) < 4.78 is 2.01. The zero-order valence-corrected chi connectivity index (χ0v) is 15.1. The minimum absolute atomic E-state index is 0.570. The van der Waals surface area contributed by atoms with Crippen molar-refractivity contribution in [3.05, 3.63) is 63.6 Å². The molecule has 0 aliphatic carbocycles. The molecule has 0 fully saturated rings. The number of hydrogen-bond acceptors (Lipinski definition) is 3. The van der Waals surface area contributed by atoms with Crippen LogP contribution in [0.2, 0.25) is 10.0 Å². The average Bonchev–Trinajstić information content (AvgIpc) is 2.89. The Hall–Kier alpha value is -1.49. The number of benzene rings is 2. The van der Waals surface area contributed by atoms with Crippen molar-refractivity contribution in [2.24, 2.45) is 7.05 Å². The maximum absolute atomic E-state index is 6.05. The molecule has 0 atom stereocenters. The molecular weight excluding hydrogens is 349 g/mol. The molecule has 0 amide bonds. The number of aryl methyl sites for hydroxylation is 1. The zero-order chi connectivity index (χ0) is 16.4. The van der Waals surface area contributed by atoms with E-state index < -0.39 is 0 Å². The van der Waals surface area contributed by atoms with E-state index in [-0.39, 0.29) is 0 Å². The van der Waals surface area contributed by atoms with Crippen LogP contribution in [-0.4, -0.2) is 14.8 Å². The first-order valence-electron chi connectivity index (χ1n) is 7.08. The predicted molar refractivity (Wildman–Crippen MR) is 97.2 cm³/mol. The molecule has 0 bridgehead atoms. The Morgan fingerprint density at radius 1 is 1.04 bits per heavy atom. The van der Waals surface area contributed by atoms with Gasteiger partial charge in [0.1, 0.15) is 0 Å². The molecule has 0 saturated heterocycles. The third-order valence-electron chi connectivity index (χ3n) is 3.46. The van der Waals surface area contributed by atoms with Gasteiger partial charge in [-0.15, -0.1) is 10.2 Å². The monoisotopic (exact) mass is 363 g/mol. The Morgan fingerprint density at radius 2 is 1.87 bits per heavy atom. The van der Waals surface area contributed by atoms with Crippen LogP contribution < -0.4 is 0 Å². The van der Waals surface area contributed by atoms with Crippen LogP contribution >= 0.6 is 35.0 Å². The molecule has 3 nitrogen and oxygen atoms in total. The van der Waals surface area contributed by atoms with Crippen LogP contribution in [0.5, 0.6) is 0 Å². The van der Waals surface area contributed by atoms with E-state index in [2.05, 4.69) is 29.3 Å². The molecular formula is C17H15Cl2N3S. The summed E-state index contributed by atoms with van der Waals surface area (Å²) in [5.41, 5.74) is 3.38. The SMILES string of the molecule is Cc1cccc(-c2nnc(SCc3ccc(Cl)c(Cl)c3)n2C)c1. The molecule has 1 heterocycles. The second-order valence-corrected chi connectivity index (χ2v) is 7.03. The van der Waals surface area contributed by atoms with Crippen molar-refractivity contribution in [3.8, 4) is 11.4 Å². The molecule has 1 aromatic heterocycles. The van der Waals surface area contributed by atoms with Crippen molar-refractivity contribution in [1.29, 1.82) is 0 Å². The smallest absolute Gasteiger partial charge is 0.191 e. The predicted octanol–water partition coefficient (Wildman–Crippen LogP) is 5.39. The fraction of sp³-hybridized carbons (Fsp3) is 0.176. The number of rotatable bonds is 4. The quantitative estimate of drug-likeness (QED) is 0.582. The van der Waals surface area contributed by atoms with E-state index in [1.54, 1.807) is 11.8 Å². The van der Waals surface area contributed by atoms with Gasteiger partial charge in [-0.2, -0.15) is 0 Å². The molecule has 23 heavy (non-hydrogen) atoms. The van der Waals surface area contributed by atoms with Gasteiger partial charge in [0.05, 0.1) is 10.0 Å². The maximum atomic E-state index is 6.05. The van der Waals surface area contributed by atoms with E-state index in [9.17, 15) is 0 Å². The summed E-state index contributed by atoms with van der Waals surface area (Å²) in [6.07, 6.45) is 0. The van der Waals surface area contributed by atoms with Gasteiger partial charge >= 0.3 is 0 Å². The maximum Gasteiger partial charge on any atom is 0.191 e. The molecule has 0 saturated carbocycles. The second kappa shape index (κ2) is 6.95. The first kappa shape index (κ1) is 16.4. The highest BCUT2D eigenvalue weighted by molar-refractivity contribution is 7.98. The highest BCUT2D eigenvalue weighted by Crippen LogP contribution is 2.28. The number of aromatic nitrogens is 3. The Bertz CT molecular complexity index is 846. The second-order valence-electron chi connectivity index (χ2n) is 5.27. The number of halogens is 2. The number of nitrogens with zero attached hydrogens (tertiary/aromatic N) is 3. The molecule has 0 N–H and O–H groups in total. The van der Waals surface area contributed by atoms with Crippen LogP contribution in [0.25, 0.3) is 11.4 Å². The Balaban J connectivity index is 1.78. The number of hydrogen-bond donors (Lipinski definition) is 0. The molecule has 0 aliphatic rings. The van der Waals surface area contributed by atoms with Gasteiger partial charge in [-0.25, -0.2) is 0 Å². The molecule has 2 aromatic carbocycles. The lowest BCUT2D eigenvalue weighted by atomic mass is 10.1. The van der Waals surface area contributed by atoms with Gasteiger partial charge in [0.25, 0.3) is 0 Å². The standard InChI is InChI=1S/C17H15Cl2N3S/c1-11-4-3-5-13(8-11)16-20-21-17(22(16)2)23-10-12-6-7-14(18)15(19)9-12/h3-9H,10H2,1-2H3. The normalized spacial score (nSPS) is 11.0. The Labute approximate surface area is 149 Å². The van der Waals surface area contributed by atoms with Crippen LogP contribution in [0.15, 0.2) is 47.6 Å². The van der Waals surface area contributed by atoms with Gasteiger partial charge in [-0.05, 0) is 30.7 Å². The van der Waals surface area contributed by atoms with Crippen LogP contribution in [0.1, 0.15) is 11.1 Å². The Morgan fingerprint density at radius 3 is 2.61 bits per heavy atom. The third kappa shape index (κ3) is 3.71. The Kier molecular flexibility index (Phi) is 4.95. The fourth-order valence-electron chi connectivity index (χ4n) is 2.25. The van der Waals surface area contributed by atoms with E-state index in [0.29, 0.717) is 10.0 Å². The third-order valence-corrected chi connectivity index (χ3v) is 5.29. The molecule has 6 heteroatoms. The largest absolute Gasteiger partial charge is 0.305 e. The van der Waals surface area contributed by atoms with E-state index >= 15 is 0 Å². The summed E-state index contributed by atoms with van der Waals surface area (Å²) in [6.45, 7) is 2.07. The van der Waals surface area contributed by atoms with Crippen molar-refractivity contribution in [3.63, 3.8) is 0 Å². The van der Waals surface area contributed by atoms with E-state index in [4.69, 9.17) is 23.2 Å². The van der Waals surface area contributed by atoms with Gasteiger partial charge < -0.3 is 4.57 Å². The van der Waals surface area contributed by atoms with Crippen molar-refractivity contribution in [2.75, 3.05) is 0 Å². The lowest BCUT2D eigenvalue weighted by Crippen LogP contribution is -1.95. The van der Waals surface area contributed by atoms with Crippen LogP contribution in [-0.2, 0) is 12.8 Å². The first-order valence-corrected chi connectivity index (χ1v) is 8.82. The topological polar surface area (TPSA) is 30.7 Å². The fourth-order valence-corrected chi connectivity index (χ4v) is 3.43. The van der Waals surface area contributed by atoms with Crippen molar-refractivity contribution in [1.82, 2.24) is 14.8 Å². The van der Waals surface area contributed by atoms with Crippen molar-refractivity contribution >= 4 is 35.0 Å². The van der Waals surface area contributed by atoms with Crippen LogP contribution in [0.4, 0.5) is 0 Å². The van der Waals surface area contributed by atoms with Crippen LogP contribution in [0.3, 0.4) is 0 Å². The average molecular weight is 364 g/mol. The van der Waals surface area contributed by atoms with Crippen LogP contribution in [0, 0.1) is 6.92 Å². The first-order chi connectivity index (χ1) is 11.0. The summed E-state index contributed by atoms with van der Waals surface area (Å²) >= 11 is 13.6. The van der Waals surface area contributed by atoms with E-state index in [1.807, 2.05) is 41.9 Å². The lowest BCUT2D eigenvalue weighted by Gasteiger charge is -2.05. The van der Waals surface area contributed by atoms with E-state index in [1.165, 1.54) is 5.56 Å². The molecule has 0 spiro atoms. The molecule has 0 radical (unpaired) electrons. The zero-order valence-electron chi connectivity index (χ0n) is 12.8. The van der Waals surface area contributed by atoms with Crippen molar-refractivity contribution < 1.29 is 0 Å².